The third kappa shape index (κ3) is 4.84. The lowest BCUT2D eigenvalue weighted by Gasteiger charge is -2.07. The summed E-state index contributed by atoms with van der Waals surface area (Å²) in [6, 6.07) is 8.74. The van der Waals surface area contributed by atoms with E-state index in [-0.39, 0.29) is 18.6 Å². The molecular formula is C16H14F2O5S. The fourth-order valence-electron chi connectivity index (χ4n) is 1.99. The van der Waals surface area contributed by atoms with Crippen molar-refractivity contribution in [2.75, 3.05) is 12.4 Å². The molecular weight excluding hydrogens is 342 g/mol. The van der Waals surface area contributed by atoms with Gasteiger partial charge in [-0.2, -0.15) is 8.42 Å². The van der Waals surface area contributed by atoms with Gasteiger partial charge in [0.1, 0.15) is 17.4 Å². The molecule has 0 saturated carbocycles. The van der Waals surface area contributed by atoms with Gasteiger partial charge in [0.2, 0.25) is 0 Å². The van der Waals surface area contributed by atoms with Gasteiger partial charge in [-0.15, -0.1) is 0 Å². The summed E-state index contributed by atoms with van der Waals surface area (Å²) in [7, 11) is -4.03. The Balaban J connectivity index is 2.03. The summed E-state index contributed by atoms with van der Waals surface area (Å²) in [5.41, 5.74) is -0.538. The highest BCUT2D eigenvalue weighted by atomic mass is 32.2. The Bertz CT molecular complexity index is 812. The fourth-order valence-corrected chi connectivity index (χ4v) is 2.48. The van der Waals surface area contributed by atoms with Crippen molar-refractivity contribution in [2.45, 2.75) is 6.42 Å². The summed E-state index contributed by atoms with van der Waals surface area (Å²) in [5, 5.41) is 0. The first-order chi connectivity index (χ1) is 11.3. The van der Waals surface area contributed by atoms with Gasteiger partial charge in [0.15, 0.2) is 5.78 Å². The molecule has 2 rings (SSSR count). The van der Waals surface area contributed by atoms with Crippen LogP contribution in [0.2, 0.25) is 0 Å². The van der Waals surface area contributed by atoms with Crippen LogP contribution < -0.4 is 4.74 Å². The monoisotopic (exact) mass is 356 g/mol. The third-order valence-corrected chi connectivity index (χ3v) is 3.93. The van der Waals surface area contributed by atoms with E-state index in [1.54, 1.807) is 0 Å². The maximum absolute atomic E-state index is 13.6. The van der Waals surface area contributed by atoms with E-state index < -0.39 is 38.9 Å². The van der Waals surface area contributed by atoms with Crippen molar-refractivity contribution < 1.29 is 31.3 Å². The predicted octanol–water partition coefficient (Wildman–Crippen LogP) is 2.85. The van der Waals surface area contributed by atoms with Crippen molar-refractivity contribution in [1.29, 1.82) is 0 Å². The zero-order valence-corrected chi connectivity index (χ0v) is 13.2. The van der Waals surface area contributed by atoms with Crippen LogP contribution in [0.25, 0.3) is 0 Å². The molecule has 0 spiro atoms. The van der Waals surface area contributed by atoms with Crippen molar-refractivity contribution in [3.05, 3.63) is 65.2 Å². The molecule has 0 amide bonds. The Morgan fingerprint density at radius 2 is 1.62 bits per heavy atom. The molecule has 0 bridgehead atoms. The van der Waals surface area contributed by atoms with Crippen LogP contribution in [0.3, 0.4) is 0 Å². The molecule has 0 aliphatic rings. The fraction of sp³-hybridized carbons (Fsp3) is 0.188. The first kappa shape index (κ1) is 18.0. The molecule has 0 atom stereocenters. The molecule has 0 aliphatic heterocycles. The van der Waals surface area contributed by atoms with E-state index in [9.17, 15) is 22.0 Å². The van der Waals surface area contributed by atoms with Crippen LogP contribution in [0.15, 0.2) is 42.5 Å². The van der Waals surface area contributed by atoms with Gasteiger partial charge in [0.05, 0.1) is 17.9 Å². The van der Waals surface area contributed by atoms with Gasteiger partial charge in [-0.1, -0.05) is 6.07 Å². The average Bonchev–Trinajstić information content (AvgIpc) is 2.51. The number of hydrogen-bond donors (Lipinski definition) is 1. The highest BCUT2D eigenvalue weighted by Crippen LogP contribution is 2.19. The molecule has 0 heterocycles. The first-order valence-electron chi connectivity index (χ1n) is 6.94. The standard InChI is InChI=1S/C16H14F2O5S/c17-13-3-1-4-14(18)15(13)16(19)11-5-7-12(8-6-11)23-9-2-10-24(20,21)22/h1,3-8H,2,9-10H2,(H,20,21,22). The van der Waals surface area contributed by atoms with E-state index in [1.807, 2.05) is 0 Å². The Morgan fingerprint density at radius 3 is 2.17 bits per heavy atom. The van der Waals surface area contributed by atoms with Gasteiger partial charge in [0.25, 0.3) is 10.1 Å². The smallest absolute Gasteiger partial charge is 0.264 e. The maximum atomic E-state index is 13.6. The number of halogens is 2. The Labute approximate surface area is 137 Å². The van der Waals surface area contributed by atoms with Crippen LogP contribution in [0, 0.1) is 11.6 Å². The number of carbonyl (C=O) groups excluding carboxylic acids is 1. The average molecular weight is 356 g/mol. The van der Waals surface area contributed by atoms with Crippen LogP contribution in [-0.4, -0.2) is 31.1 Å². The molecule has 0 aromatic heterocycles. The summed E-state index contributed by atoms with van der Waals surface area (Å²) < 4.78 is 62.2. The van der Waals surface area contributed by atoms with Gasteiger partial charge in [-0.25, -0.2) is 8.78 Å². The number of carbonyl (C=O) groups is 1. The first-order valence-corrected chi connectivity index (χ1v) is 8.55. The molecule has 2 aromatic rings. The number of hydrogen-bond acceptors (Lipinski definition) is 4. The molecule has 0 unspecified atom stereocenters. The van der Waals surface area contributed by atoms with Crippen molar-refractivity contribution in [3.63, 3.8) is 0 Å². The maximum Gasteiger partial charge on any atom is 0.264 e. The van der Waals surface area contributed by atoms with Crippen LogP contribution >= 0.6 is 0 Å². The quantitative estimate of drug-likeness (QED) is 0.469. The van der Waals surface area contributed by atoms with Gasteiger partial charge in [-0.3, -0.25) is 9.35 Å². The SMILES string of the molecule is O=C(c1ccc(OCCCS(=O)(=O)O)cc1)c1c(F)cccc1F. The lowest BCUT2D eigenvalue weighted by molar-refractivity contribution is 0.103. The molecule has 0 saturated heterocycles. The summed E-state index contributed by atoms with van der Waals surface area (Å²) in [4.78, 5) is 12.2. The Morgan fingerprint density at radius 1 is 1.04 bits per heavy atom. The molecule has 0 aliphatic carbocycles. The van der Waals surface area contributed by atoms with E-state index in [0.717, 1.165) is 12.1 Å². The summed E-state index contributed by atoms with van der Waals surface area (Å²) in [5.74, 6) is -2.73. The molecule has 8 heteroatoms. The van der Waals surface area contributed by atoms with Crippen LogP contribution in [-0.2, 0) is 10.1 Å². The van der Waals surface area contributed by atoms with E-state index in [4.69, 9.17) is 9.29 Å². The highest BCUT2D eigenvalue weighted by molar-refractivity contribution is 7.85. The predicted molar refractivity (Wildman–Crippen MR) is 82.8 cm³/mol. The topological polar surface area (TPSA) is 80.7 Å². The zero-order valence-electron chi connectivity index (χ0n) is 12.4. The molecule has 5 nitrogen and oxygen atoms in total. The van der Waals surface area contributed by atoms with E-state index in [2.05, 4.69) is 0 Å². The lowest BCUT2D eigenvalue weighted by atomic mass is 10.0. The Hall–Kier alpha value is -2.32. The Kier molecular flexibility index (Phi) is 5.63. The lowest BCUT2D eigenvalue weighted by Crippen LogP contribution is -2.09. The van der Waals surface area contributed by atoms with Gasteiger partial charge >= 0.3 is 0 Å². The molecule has 1 N–H and O–H groups in total. The second-order valence-corrected chi connectivity index (χ2v) is 6.51. The van der Waals surface area contributed by atoms with Crippen LogP contribution in [0.4, 0.5) is 8.78 Å². The minimum absolute atomic E-state index is 0.0506. The summed E-state index contributed by atoms with van der Waals surface area (Å²) in [6.45, 7) is 0.0506. The molecule has 128 valence electrons. The molecule has 0 fully saturated rings. The van der Waals surface area contributed by atoms with Crippen molar-refractivity contribution in [2.24, 2.45) is 0 Å². The van der Waals surface area contributed by atoms with Gasteiger partial charge in [-0.05, 0) is 42.8 Å². The zero-order chi connectivity index (χ0) is 17.7. The van der Waals surface area contributed by atoms with Gasteiger partial charge < -0.3 is 4.74 Å². The van der Waals surface area contributed by atoms with E-state index in [1.165, 1.54) is 30.3 Å². The second-order valence-electron chi connectivity index (χ2n) is 4.94. The summed E-state index contributed by atoms with van der Waals surface area (Å²) >= 11 is 0. The number of benzene rings is 2. The molecule has 2 aromatic carbocycles. The van der Waals surface area contributed by atoms with E-state index >= 15 is 0 Å². The van der Waals surface area contributed by atoms with Crippen molar-refractivity contribution >= 4 is 15.9 Å². The second kappa shape index (κ2) is 7.50. The van der Waals surface area contributed by atoms with Gasteiger partial charge in [0, 0.05) is 5.56 Å². The number of ketones is 1. The normalized spacial score (nSPS) is 11.3. The van der Waals surface area contributed by atoms with Crippen LogP contribution in [0.5, 0.6) is 5.75 Å². The van der Waals surface area contributed by atoms with E-state index in [0.29, 0.717) is 5.75 Å². The number of rotatable bonds is 7. The van der Waals surface area contributed by atoms with Crippen LogP contribution in [0.1, 0.15) is 22.3 Å². The van der Waals surface area contributed by atoms with Crippen molar-refractivity contribution in [1.82, 2.24) is 0 Å². The summed E-state index contributed by atoms with van der Waals surface area (Å²) in [6.07, 6.45) is 0.0972. The number of ether oxygens (including phenoxy) is 1. The minimum Gasteiger partial charge on any atom is -0.494 e. The largest absolute Gasteiger partial charge is 0.494 e. The minimum atomic E-state index is -4.03. The third-order valence-electron chi connectivity index (χ3n) is 3.12. The molecule has 24 heavy (non-hydrogen) atoms. The molecule has 0 radical (unpaired) electrons. The highest BCUT2D eigenvalue weighted by Gasteiger charge is 2.18. The van der Waals surface area contributed by atoms with Crippen molar-refractivity contribution in [3.8, 4) is 5.75 Å².